The zero-order chi connectivity index (χ0) is 16.7. The first-order valence-corrected chi connectivity index (χ1v) is 11.2. The molecule has 8 heteroatoms. The third-order valence-electron chi connectivity index (χ3n) is 3.50. The van der Waals surface area contributed by atoms with Gasteiger partial charge in [-0.2, -0.15) is 0 Å². The van der Waals surface area contributed by atoms with Gasteiger partial charge in [0.25, 0.3) is 0 Å². The van der Waals surface area contributed by atoms with Crippen molar-refractivity contribution < 1.29 is 0 Å². The summed E-state index contributed by atoms with van der Waals surface area (Å²) in [4.78, 5) is 4.65. The van der Waals surface area contributed by atoms with Gasteiger partial charge >= 0.3 is 0 Å². The highest BCUT2D eigenvalue weighted by Crippen LogP contribution is 2.46. The highest BCUT2D eigenvalue weighted by Gasteiger charge is 2.33. The Bertz CT molecular complexity index is 759. The lowest BCUT2D eigenvalue weighted by atomic mass is 9.95. The second kappa shape index (κ2) is 7.58. The Labute approximate surface area is 184 Å². The molecule has 2 atom stereocenters. The molecular formula is C15H8Br6N2. The van der Waals surface area contributed by atoms with Crippen molar-refractivity contribution in [1.82, 2.24) is 5.32 Å². The zero-order valence-corrected chi connectivity index (χ0v) is 20.8. The van der Waals surface area contributed by atoms with Crippen LogP contribution in [0.4, 0.5) is 0 Å². The summed E-state index contributed by atoms with van der Waals surface area (Å²) in [6.07, 6.45) is 1.77. The van der Waals surface area contributed by atoms with Gasteiger partial charge in [0.1, 0.15) is 6.04 Å². The summed E-state index contributed by atoms with van der Waals surface area (Å²) in [6, 6.07) is 8.15. The highest BCUT2D eigenvalue weighted by molar-refractivity contribution is 9.12. The Morgan fingerprint density at radius 1 is 0.696 bits per heavy atom. The molecule has 0 spiro atoms. The Kier molecular flexibility index (Phi) is 6.12. The summed E-state index contributed by atoms with van der Waals surface area (Å²) in [5.74, 6) is 0. The second-order valence-corrected chi connectivity index (χ2v) is 10.2. The topological polar surface area (TPSA) is 24.4 Å². The number of halogens is 6. The molecule has 2 aromatic carbocycles. The highest BCUT2D eigenvalue weighted by atomic mass is 79.9. The fourth-order valence-electron chi connectivity index (χ4n) is 2.55. The molecule has 0 saturated carbocycles. The predicted octanol–water partition coefficient (Wildman–Crippen LogP) is 7.68. The fraction of sp³-hybridized carbons (Fsp3) is 0.133. The van der Waals surface area contributed by atoms with Crippen LogP contribution < -0.4 is 5.32 Å². The van der Waals surface area contributed by atoms with E-state index < -0.39 is 0 Å². The smallest absolute Gasteiger partial charge is 0.103 e. The van der Waals surface area contributed by atoms with Gasteiger partial charge < -0.3 is 5.32 Å². The number of nitrogens with one attached hydrogen (secondary N) is 1. The number of hydrogen-bond acceptors (Lipinski definition) is 2. The van der Waals surface area contributed by atoms with Gasteiger partial charge in [0, 0.05) is 38.0 Å². The van der Waals surface area contributed by atoms with Crippen LogP contribution in [-0.4, -0.2) is 6.34 Å². The predicted molar refractivity (Wildman–Crippen MR) is 116 cm³/mol. The number of aliphatic imine (C=N–C) groups is 1. The summed E-state index contributed by atoms with van der Waals surface area (Å²) < 4.78 is 6.10. The van der Waals surface area contributed by atoms with Crippen molar-refractivity contribution in [1.29, 1.82) is 0 Å². The number of nitrogens with zero attached hydrogens (tertiary/aromatic N) is 1. The first-order valence-electron chi connectivity index (χ1n) is 6.45. The maximum atomic E-state index is 4.65. The summed E-state index contributed by atoms with van der Waals surface area (Å²) >= 11 is 21.7. The Hall–Kier alpha value is 0.790. The minimum absolute atomic E-state index is 0.0284. The molecule has 0 aromatic heterocycles. The number of benzene rings is 2. The van der Waals surface area contributed by atoms with Crippen molar-refractivity contribution in [2.45, 2.75) is 12.1 Å². The first-order chi connectivity index (χ1) is 10.9. The molecule has 2 aromatic rings. The third-order valence-corrected chi connectivity index (χ3v) is 7.04. The fourth-order valence-corrected chi connectivity index (χ4v) is 8.03. The van der Waals surface area contributed by atoms with Crippen LogP contribution in [0.15, 0.2) is 56.1 Å². The molecule has 0 aliphatic carbocycles. The van der Waals surface area contributed by atoms with Crippen LogP contribution in [0.25, 0.3) is 0 Å². The van der Waals surface area contributed by atoms with Gasteiger partial charge in [-0.3, -0.25) is 4.99 Å². The van der Waals surface area contributed by atoms with Crippen LogP contribution in [0.3, 0.4) is 0 Å². The van der Waals surface area contributed by atoms with E-state index >= 15 is 0 Å². The molecule has 120 valence electrons. The molecule has 1 N–H and O–H groups in total. The summed E-state index contributed by atoms with van der Waals surface area (Å²) in [6.45, 7) is 0. The van der Waals surface area contributed by atoms with E-state index in [2.05, 4.69) is 106 Å². The Balaban J connectivity index is 2.10. The molecule has 3 rings (SSSR count). The van der Waals surface area contributed by atoms with Crippen LogP contribution in [0, 0.1) is 0 Å². The monoisotopic (exact) mass is 690 g/mol. The molecule has 2 nitrogen and oxygen atoms in total. The van der Waals surface area contributed by atoms with E-state index in [0.717, 1.165) is 38.0 Å². The van der Waals surface area contributed by atoms with Crippen molar-refractivity contribution in [3.05, 3.63) is 62.2 Å². The van der Waals surface area contributed by atoms with E-state index in [-0.39, 0.29) is 12.1 Å². The van der Waals surface area contributed by atoms with Gasteiger partial charge in [0.05, 0.1) is 12.4 Å². The van der Waals surface area contributed by atoms with Crippen molar-refractivity contribution in [3.8, 4) is 0 Å². The molecule has 0 saturated heterocycles. The van der Waals surface area contributed by atoms with Gasteiger partial charge in [0.15, 0.2) is 0 Å². The molecular weight excluding hydrogens is 688 g/mol. The van der Waals surface area contributed by atoms with Crippen molar-refractivity contribution in [2.75, 3.05) is 0 Å². The molecule has 1 aliphatic rings. The minimum atomic E-state index is -0.0411. The van der Waals surface area contributed by atoms with Crippen LogP contribution in [-0.2, 0) is 0 Å². The molecule has 0 amide bonds. The average molecular weight is 696 g/mol. The van der Waals surface area contributed by atoms with Gasteiger partial charge in [0.2, 0.25) is 0 Å². The number of hydrogen-bond donors (Lipinski definition) is 1. The van der Waals surface area contributed by atoms with Crippen LogP contribution in [0.1, 0.15) is 23.2 Å². The molecule has 1 heterocycles. The molecule has 0 radical (unpaired) electrons. The Morgan fingerprint density at radius 3 is 1.61 bits per heavy atom. The minimum Gasteiger partial charge on any atom is -0.367 e. The van der Waals surface area contributed by atoms with E-state index in [1.54, 1.807) is 6.34 Å². The van der Waals surface area contributed by atoms with E-state index in [1.807, 2.05) is 24.3 Å². The molecule has 23 heavy (non-hydrogen) atoms. The molecule has 0 bridgehead atoms. The lowest BCUT2D eigenvalue weighted by Gasteiger charge is -2.24. The second-order valence-electron chi connectivity index (χ2n) is 4.93. The summed E-state index contributed by atoms with van der Waals surface area (Å²) in [7, 11) is 0. The average Bonchev–Trinajstić information content (AvgIpc) is 2.85. The quantitative estimate of drug-likeness (QED) is 0.343. The van der Waals surface area contributed by atoms with Gasteiger partial charge in [-0.1, -0.05) is 95.6 Å². The number of rotatable bonds is 2. The maximum absolute atomic E-state index is 4.65. The van der Waals surface area contributed by atoms with Crippen LogP contribution in [0.2, 0.25) is 0 Å². The SMILES string of the molecule is Brc1cc(Br)c(C2N=CNC2c2c(Br)cc(Br)cc2Br)c(Br)c1. The van der Waals surface area contributed by atoms with E-state index in [9.17, 15) is 0 Å². The zero-order valence-electron chi connectivity index (χ0n) is 11.3. The summed E-state index contributed by atoms with van der Waals surface area (Å²) in [5, 5.41) is 3.37. The van der Waals surface area contributed by atoms with E-state index in [4.69, 9.17) is 0 Å². The molecule has 2 unspecified atom stereocenters. The standard InChI is InChI=1S/C15H8Br6N2/c16-6-1-8(18)12(9(19)2-6)14-15(23-5-22-14)13-10(20)3-7(17)4-11(13)21/h1-5,14-15H,(H,22,23). The summed E-state index contributed by atoms with van der Waals surface area (Å²) in [5.41, 5.74) is 2.25. The van der Waals surface area contributed by atoms with Gasteiger partial charge in [-0.25, -0.2) is 0 Å². The normalized spacial score (nSPS) is 19.9. The van der Waals surface area contributed by atoms with Crippen LogP contribution >= 0.6 is 95.6 Å². The first kappa shape index (κ1) is 18.6. The van der Waals surface area contributed by atoms with Crippen molar-refractivity contribution in [3.63, 3.8) is 0 Å². The van der Waals surface area contributed by atoms with E-state index in [1.165, 1.54) is 0 Å². The lowest BCUT2D eigenvalue weighted by molar-refractivity contribution is 0.565. The van der Waals surface area contributed by atoms with Crippen molar-refractivity contribution >= 4 is 102 Å². The third kappa shape index (κ3) is 3.82. The van der Waals surface area contributed by atoms with Crippen LogP contribution in [0.5, 0.6) is 0 Å². The Morgan fingerprint density at radius 2 is 1.13 bits per heavy atom. The van der Waals surface area contributed by atoms with Gasteiger partial charge in [-0.05, 0) is 24.3 Å². The molecule has 1 aliphatic heterocycles. The maximum Gasteiger partial charge on any atom is 0.103 e. The lowest BCUT2D eigenvalue weighted by Crippen LogP contribution is -2.20. The van der Waals surface area contributed by atoms with E-state index in [0.29, 0.717) is 0 Å². The molecule has 0 fully saturated rings. The van der Waals surface area contributed by atoms with Crippen molar-refractivity contribution in [2.24, 2.45) is 4.99 Å². The van der Waals surface area contributed by atoms with Gasteiger partial charge in [-0.15, -0.1) is 0 Å². The largest absolute Gasteiger partial charge is 0.367 e.